The van der Waals surface area contributed by atoms with E-state index in [1.165, 1.54) is 6.21 Å². The van der Waals surface area contributed by atoms with Gasteiger partial charge in [0, 0.05) is 7.05 Å². The molecule has 0 saturated heterocycles. The summed E-state index contributed by atoms with van der Waals surface area (Å²) in [7, 11) is 1.89. The van der Waals surface area contributed by atoms with Crippen LogP contribution in [0.25, 0.3) is 11.0 Å². The summed E-state index contributed by atoms with van der Waals surface area (Å²) in [6, 6.07) is 17.4. The van der Waals surface area contributed by atoms with Crippen LogP contribution in [0.15, 0.2) is 64.9 Å². The van der Waals surface area contributed by atoms with Crippen LogP contribution in [-0.2, 0) is 16.7 Å². The minimum Gasteiger partial charge on any atom is -0.385 e. The molecule has 7 nitrogen and oxygen atoms in total. The lowest BCUT2D eigenvalue weighted by Gasteiger charge is -2.02. The number of amides is 1. The number of rotatable bonds is 6. The Kier molecular flexibility index (Phi) is 5.38. The molecular weight excluding hydrogens is 330 g/mol. The third-order valence-electron chi connectivity index (χ3n) is 3.78. The fraction of sp³-hybridized carbons (Fsp3) is 0.158. The molecule has 0 aliphatic rings. The number of benzene rings is 2. The van der Waals surface area contributed by atoms with E-state index in [0.717, 1.165) is 16.6 Å². The Bertz CT molecular complexity index is 960. The smallest absolute Gasteiger partial charge is 0.280 e. The van der Waals surface area contributed by atoms with E-state index in [9.17, 15) is 4.79 Å². The Morgan fingerprint density at radius 2 is 1.92 bits per heavy atom. The highest BCUT2D eigenvalue weighted by Gasteiger charge is 2.05. The Hall–Kier alpha value is -3.48. The van der Waals surface area contributed by atoms with Crippen LogP contribution in [0, 0.1) is 0 Å². The Morgan fingerprint density at radius 3 is 2.69 bits per heavy atom. The van der Waals surface area contributed by atoms with Gasteiger partial charge >= 0.3 is 0 Å². The quantitative estimate of drug-likeness (QED) is 0.548. The van der Waals surface area contributed by atoms with E-state index >= 15 is 0 Å². The lowest BCUT2D eigenvalue weighted by molar-refractivity contribution is -0.125. The largest absolute Gasteiger partial charge is 0.385 e. The van der Waals surface area contributed by atoms with Crippen molar-refractivity contribution < 1.29 is 9.63 Å². The number of hydrazone groups is 1. The Morgan fingerprint density at radius 1 is 1.19 bits per heavy atom. The van der Waals surface area contributed by atoms with E-state index in [0.29, 0.717) is 11.5 Å². The molecule has 3 aromatic rings. The minimum absolute atomic E-state index is 0.218. The molecule has 0 fully saturated rings. The summed E-state index contributed by atoms with van der Waals surface area (Å²) in [5.74, 6) is 0.245. The maximum atomic E-state index is 11.8. The van der Waals surface area contributed by atoms with Gasteiger partial charge in [-0.1, -0.05) is 47.6 Å². The summed E-state index contributed by atoms with van der Waals surface area (Å²) in [6.07, 6.45) is 1.50. The molecule has 0 atom stereocenters. The van der Waals surface area contributed by atoms with Crippen LogP contribution < -0.4 is 5.43 Å². The van der Waals surface area contributed by atoms with Gasteiger partial charge in [-0.25, -0.2) is 10.4 Å². The monoisotopic (exact) mass is 349 g/mol. The van der Waals surface area contributed by atoms with Crippen molar-refractivity contribution in [2.24, 2.45) is 17.3 Å². The van der Waals surface area contributed by atoms with Crippen molar-refractivity contribution in [3.05, 3.63) is 66.0 Å². The van der Waals surface area contributed by atoms with Crippen LogP contribution in [0.1, 0.15) is 18.3 Å². The second-order valence-corrected chi connectivity index (χ2v) is 5.63. The summed E-state index contributed by atoms with van der Waals surface area (Å²) >= 11 is 0. The van der Waals surface area contributed by atoms with Gasteiger partial charge in [-0.05, 0) is 24.6 Å². The number of imidazole rings is 1. The number of hydrogen-bond acceptors (Lipinski definition) is 5. The molecule has 3 rings (SSSR count). The highest BCUT2D eigenvalue weighted by atomic mass is 16.6. The number of hydrogen-bond donors (Lipinski definition) is 1. The first-order valence-electron chi connectivity index (χ1n) is 8.10. The van der Waals surface area contributed by atoms with E-state index < -0.39 is 5.91 Å². The fourth-order valence-electron chi connectivity index (χ4n) is 2.39. The molecule has 0 unspecified atom stereocenters. The van der Waals surface area contributed by atoms with Crippen LogP contribution in [-0.4, -0.2) is 34.0 Å². The van der Waals surface area contributed by atoms with Crippen molar-refractivity contribution in [2.45, 2.75) is 6.92 Å². The number of oxime groups is 1. The molecule has 0 aliphatic carbocycles. The molecule has 1 N–H and O–H groups in total. The van der Waals surface area contributed by atoms with Crippen molar-refractivity contribution in [3.8, 4) is 0 Å². The summed E-state index contributed by atoms with van der Waals surface area (Å²) in [5, 5.41) is 7.85. The van der Waals surface area contributed by atoms with Gasteiger partial charge in [0.15, 0.2) is 12.4 Å². The van der Waals surface area contributed by atoms with Crippen molar-refractivity contribution in [3.63, 3.8) is 0 Å². The van der Waals surface area contributed by atoms with Gasteiger partial charge in [-0.15, -0.1) is 0 Å². The molecule has 1 amide bonds. The van der Waals surface area contributed by atoms with Gasteiger partial charge in [0.1, 0.15) is 0 Å². The topological polar surface area (TPSA) is 80.9 Å². The molecule has 0 aliphatic heterocycles. The van der Waals surface area contributed by atoms with E-state index in [-0.39, 0.29) is 6.61 Å². The normalized spacial score (nSPS) is 11.8. The SMILES string of the molecule is C/C(=N\OCC(=O)N/N=C\c1nc2ccccc2n1C)c1ccccc1. The maximum absolute atomic E-state index is 11.8. The molecule has 1 aromatic heterocycles. The predicted molar refractivity (Wildman–Crippen MR) is 101 cm³/mol. The number of aromatic nitrogens is 2. The van der Waals surface area contributed by atoms with Crippen molar-refractivity contribution in [1.29, 1.82) is 0 Å². The lowest BCUT2D eigenvalue weighted by atomic mass is 10.1. The number of nitrogens with zero attached hydrogens (tertiary/aromatic N) is 4. The van der Waals surface area contributed by atoms with E-state index in [1.807, 2.05) is 73.1 Å². The fourth-order valence-corrected chi connectivity index (χ4v) is 2.39. The molecule has 7 heteroatoms. The summed E-state index contributed by atoms with van der Waals surface area (Å²) in [6.45, 7) is 1.60. The van der Waals surface area contributed by atoms with Crippen molar-refractivity contribution in [2.75, 3.05) is 6.61 Å². The van der Waals surface area contributed by atoms with Gasteiger partial charge in [0.2, 0.25) is 0 Å². The first kappa shape index (κ1) is 17.3. The zero-order valence-corrected chi connectivity index (χ0v) is 14.6. The van der Waals surface area contributed by atoms with Crippen molar-refractivity contribution in [1.82, 2.24) is 15.0 Å². The van der Waals surface area contributed by atoms with Crippen LogP contribution in [0.3, 0.4) is 0 Å². The van der Waals surface area contributed by atoms with Crippen molar-refractivity contribution >= 4 is 28.9 Å². The second kappa shape index (κ2) is 8.06. The van der Waals surface area contributed by atoms with E-state index in [4.69, 9.17) is 4.84 Å². The zero-order chi connectivity index (χ0) is 18.4. The van der Waals surface area contributed by atoms with Gasteiger partial charge < -0.3 is 9.40 Å². The van der Waals surface area contributed by atoms with Gasteiger partial charge in [0.25, 0.3) is 5.91 Å². The number of carbonyl (C=O) groups excluding carboxylic acids is 1. The van der Waals surface area contributed by atoms with Gasteiger partial charge in [-0.3, -0.25) is 4.79 Å². The maximum Gasteiger partial charge on any atom is 0.280 e. The highest BCUT2D eigenvalue weighted by Crippen LogP contribution is 2.12. The third-order valence-corrected chi connectivity index (χ3v) is 3.78. The predicted octanol–water partition coefficient (Wildman–Crippen LogP) is 2.46. The molecule has 1 heterocycles. The summed E-state index contributed by atoms with van der Waals surface area (Å²) in [5.41, 5.74) is 5.90. The minimum atomic E-state index is -0.398. The van der Waals surface area contributed by atoms with E-state index in [1.54, 1.807) is 0 Å². The van der Waals surface area contributed by atoms with E-state index in [2.05, 4.69) is 20.7 Å². The Labute approximate surface area is 151 Å². The van der Waals surface area contributed by atoms with Gasteiger partial charge in [-0.2, -0.15) is 5.10 Å². The second-order valence-electron chi connectivity index (χ2n) is 5.63. The summed E-state index contributed by atoms with van der Waals surface area (Å²) in [4.78, 5) is 21.3. The molecule has 26 heavy (non-hydrogen) atoms. The van der Waals surface area contributed by atoms with Crippen LogP contribution >= 0.6 is 0 Å². The number of fused-ring (bicyclic) bond motifs is 1. The van der Waals surface area contributed by atoms with Crippen LogP contribution in [0.2, 0.25) is 0 Å². The first-order valence-corrected chi connectivity index (χ1v) is 8.10. The summed E-state index contributed by atoms with van der Waals surface area (Å²) < 4.78 is 1.90. The zero-order valence-electron chi connectivity index (χ0n) is 14.6. The molecule has 0 spiro atoms. The molecule has 0 radical (unpaired) electrons. The molecular formula is C19H19N5O2. The molecule has 0 saturated carbocycles. The average Bonchev–Trinajstić information content (AvgIpc) is 2.98. The van der Waals surface area contributed by atoms with Crippen LogP contribution in [0.4, 0.5) is 0 Å². The molecule has 2 aromatic carbocycles. The third kappa shape index (κ3) is 4.13. The number of carbonyl (C=O) groups is 1. The van der Waals surface area contributed by atoms with Crippen LogP contribution in [0.5, 0.6) is 0 Å². The number of nitrogens with one attached hydrogen (secondary N) is 1. The van der Waals surface area contributed by atoms with Gasteiger partial charge in [0.05, 0.1) is 23.0 Å². The number of para-hydroxylation sites is 2. The standard InChI is InChI=1S/C19H19N5O2/c1-14(15-8-4-3-5-9-15)23-26-13-19(25)22-20-12-18-21-16-10-6-7-11-17(16)24(18)2/h3-12H,13H2,1-2H3,(H,22,25)/b20-12-,23-14+. The molecule has 0 bridgehead atoms. The number of aryl methyl sites for hydroxylation is 1. The Balaban J connectivity index is 1.52. The highest BCUT2D eigenvalue weighted by molar-refractivity contribution is 5.98. The molecule has 132 valence electrons. The lowest BCUT2D eigenvalue weighted by Crippen LogP contribution is -2.22. The average molecular weight is 349 g/mol. The first-order chi connectivity index (χ1) is 12.6.